The van der Waals surface area contributed by atoms with E-state index in [1.807, 2.05) is 29.5 Å². The van der Waals surface area contributed by atoms with E-state index in [2.05, 4.69) is 10.6 Å². The average Bonchev–Trinajstić information content (AvgIpc) is 2.78. The molecular formula is C24H22ClIN2O5S. The van der Waals surface area contributed by atoms with Gasteiger partial charge in [0, 0.05) is 9.64 Å². The first kappa shape index (κ1) is 26.0. The largest absolute Gasteiger partial charge is 0.506 e. The van der Waals surface area contributed by atoms with Crippen molar-refractivity contribution in [3.8, 4) is 5.75 Å². The first-order valence-corrected chi connectivity index (χ1v) is 13.2. The summed E-state index contributed by atoms with van der Waals surface area (Å²) in [5.41, 5.74) is 1.39. The van der Waals surface area contributed by atoms with E-state index in [4.69, 9.17) is 11.6 Å². The van der Waals surface area contributed by atoms with Crippen molar-refractivity contribution >= 4 is 67.2 Å². The summed E-state index contributed by atoms with van der Waals surface area (Å²) >= 11 is 8.30. The zero-order chi connectivity index (χ0) is 25.0. The fourth-order valence-corrected chi connectivity index (χ4v) is 5.71. The fraction of sp³-hybridized carbons (Fsp3) is 0.167. The molecule has 3 aromatic carbocycles. The number of amides is 2. The molecule has 0 bridgehead atoms. The number of aromatic hydroxyl groups is 1. The van der Waals surface area contributed by atoms with E-state index in [-0.39, 0.29) is 33.5 Å². The lowest BCUT2D eigenvalue weighted by molar-refractivity contribution is -0.115. The van der Waals surface area contributed by atoms with Crippen molar-refractivity contribution in [2.45, 2.75) is 30.4 Å². The monoisotopic (exact) mass is 612 g/mol. The Bertz CT molecular complexity index is 1340. The molecule has 0 aliphatic heterocycles. The Morgan fingerprint density at radius 3 is 2.29 bits per heavy atom. The van der Waals surface area contributed by atoms with Crippen LogP contribution in [0.25, 0.3) is 0 Å². The van der Waals surface area contributed by atoms with E-state index < -0.39 is 26.9 Å². The molecule has 0 saturated heterocycles. The molecule has 0 radical (unpaired) electrons. The summed E-state index contributed by atoms with van der Waals surface area (Å²) in [4.78, 5) is 25.5. The summed E-state index contributed by atoms with van der Waals surface area (Å²) < 4.78 is 26.7. The van der Waals surface area contributed by atoms with E-state index in [1.165, 1.54) is 18.2 Å². The molecule has 0 heterocycles. The summed E-state index contributed by atoms with van der Waals surface area (Å²) in [6, 6.07) is 15.6. The van der Waals surface area contributed by atoms with Crippen LogP contribution in [-0.2, 0) is 14.6 Å². The number of carbonyl (C=O) groups is 2. The topological polar surface area (TPSA) is 113 Å². The Kier molecular flexibility index (Phi) is 8.21. The van der Waals surface area contributed by atoms with Gasteiger partial charge in [0.15, 0.2) is 9.84 Å². The van der Waals surface area contributed by atoms with Crippen LogP contribution in [0.4, 0.5) is 11.4 Å². The highest BCUT2D eigenvalue weighted by atomic mass is 127. The van der Waals surface area contributed by atoms with Gasteiger partial charge in [0.25, 0.3) is 5.91 Å². The van der Waals surface area contributed by atoms with Gasteiger partial charge in [-0.2, -0.15) is 0 Å². The predicted molar refractivity (Wildman–Crippen MR) is 141 cm³/mol. The molecule has 178 valence electrons. The van der Waals surface area contributed by atoms with Crippen LogP contribution >= 0.6 is 34.2 Å². The molecule has 3 aromatic rings. The van der Waals surface area contributed by atoms with Gasteiger partial charge in [-0.15, -0.1) is 0 Å². The van der Waals surface area contributed by atoms with Crippen LogP contribution in [0.5, 0.6) is 5.75 Å². The normalized spacial score (nSPS) is 12.1. The van der Waals surface area contributed by atoms with E-state index in [0.29, 0.717) is 5.56 Å². The molecule has 1 unspecified atom stereocenters. The zero-order valence-corrected chi connectivity index (χ0v) is 22.0. The van der Waals surface area contributed by atoms with Crippen molar-refractivity contribution in [3.05, 3.63) is 80.4 Å². The Balaban J connectivity index is 1.81. The van der Waals surface area contributed by atoms with Gasteiger partial charge in [-0.1, -0.05) is 48.4 Å². The number of aryl methyl sites for hydroxylation is 1. The number of benzene rings is 3. The molecule has 1 atom stereocenters. The average molecular weight is 613 g/mol. The third-order valence-corrected chi connectivity index (χ3v) is 8.58. The van der Waals surface area contributed by atoms with Gasteiger partial charge < -0.3 is 15.7 Å². The van der Waals surface area contributed by atoms with Crippen molar-refractivity contribution in [1.82, 2.24) is 0 Å². The third kappa shape index (κ3) is 5.70. The molecular weight excluding hydrogens is 591 g/mol. The van der Waals surface area contributed by atoms with Crippen LogP contribution in [0.15, 0.2) is 65.6 Å². The van der Waals surface area contributed by atoms with Crippen LogP contribution in [0.1, 0.15) is 29.3 Å². The van der Waals surface area contributed by atoms with Gasteiger partial charge in [0.1, 0.15) is 11.0 Å². The number of halogens is 2. The van der Waals surface area contributed by atoms with Crippen LogP contribution in [0, 0.1) is 10.5 Å². The van der Waals surface area contributed by atoms with Crippen molar-refractivity contribution in [2.24, 2.45) is 0 Å². The summed E-state index contributed by atoms with van der Waals surface area (Å²) in [5.74, 6) is -1.56. The number of phenolic OH excluding ortho intramolecular Hbond substituents is 1. The molecule has 3 rings (SSSR count). The molecule has 34 heavy (non-hydrogen) atoms. The second kappa shape index (κ2) is 10.7. The maximum atomic E-state index is 13.0. The van der Waals surface area contributed by atoms with Gasteiger partial charge in [0.2, 0.25) is 5.91 Å². The number of carbonyl (C=O) groups excluding carboxylic acids is 2. The number of nitrogens with one attached hydrogen (secondary N) is 2. The highest BCUT2D eigenvalue weighted by molar-refractivity contribution is 14.1. The minimum atomic E-state index is -3.94. The van der Waals surface area contributed by atoms with E-state index in [9.17, 15) is 23.1 Å². The lowest BCUT2D eigenvalue weighted by atomic mass is 10.2. The van der Waals surface area contributed by atoms with E-state index in [1.54, 1.807) is 43.3 Å². The van der Waals surface area contributed by atoms with Crippen molar-refractivity contribution in [3.63, 3.8) is 0 Å². The quantitative estimate of drug-likeness (QED) is 0.244. The van der Waals surface area contributed by atoms with Crippen molar-refractivity contribution in [2.75, 3.05) is 10.6 Å². The lowest BCUT2D eigenvalue weighted by Crippen LogP contribution is -2.34. The predicted octanol–water partition coefficient (Wildman–Crippen LogP) is 5.40. The van der Waals surface area contributed by atoms with Gasteiger partial charge >= 0.3 is 0 Å². The molecule has 0 fully saturated rings. The molecule has 0 spiro atoms. The SMILES string of the molecule is CCC(C(=O)Nc1cc(O)c(NC(=O)c2ccccc2I)cc1Cl)S(=O)(=O)c1ccc(C)cc1. The molecule has 0 aliphatic carbocycles. The van der Waals surface area contributed by atoms with E-state index >= 15 is 0 Å². The molecule has 0 aliphatic rings. The summed E-state index contributed by atoms with van der Waals surface area (Å²) in [6.45, 7) is 3.43. The van der Waals surface area contributed by atoms with Crippen LogP contribution < -0.4 is 10.6 Å². The van der Waals surface area contributed by atoms with Crippen molar-refractivity contribution in [1.29, 1.82) is 0 Å². The van der Waals surface area contributed by atoms with Gasteiger partial charge in [-0.25, -0.2) is 8.42 Å². The molecule has 10 heteroatoms. The highest BCUT2D eigenvalue weighted by Crippen LogP contribution is 2.35. The number of sulfone groups is 1. The van der Waals surface area contributed by atoms with Gasteiger partial charge in [-0.05, 0) is 66.3 Å². The first-order valence-electron chi connectivity index (χ1n) is 10.2. The Morgan fingerprint density at radius 2 is 1.68 bits per heavy atom. The van der Waals surface area contributed by atoms with Gasteiger partial charge in [0.05, 0.1) is 26.9 Å². The molecule has 2 amide bonds. The summed E-state index contributed by atoms with van der Waals surface area (Å²) in [5, 5.41) is 14.1. The Hall–Kier alpha value is -2.63. The Morgan fingerprint density at radius 1 is 1.03 bits per heavy atom. The zero-order valence-electron chi connectivity index (χ0n) is 18.3. The second-order valence-electron chi connectivity index (χ2n) is 7.53. The summed E-state index contributed by atoms with van der Waals surface area (Å²) in [7, 11) is -3.94. The second-order valence-corrected chi connectivity index (χ2v) is 11.2. The van der Waals surface area contributed by atoms with Crippen LogP contribution in [0.3, 0.4) is 0 Å². The molecule has 7 nitrogen and oxygen atoms in total. The maximum Gasteiger partial charge on any atom is 0.256 e. The standard InChI is InChI=1S/C24H22ClIN2O5S/c1-3-22(34(32,33)15-10-8-14(2)9-11-15)24(31)27-19-13-21(29)20(12-17(19)25)28-23(30)16-6-4-5-7-18(16)26/h4-13,22,29H,3H2,1-2H3,(H,27,31)(H,28,30). The van der Waals surface area contributed by atoms with Crippen LogP contribution in [0.2, 0.25) is 5.02 Å². The van der Waals surface area contributed by atoms with Crippen molar-refractivity contribution < 1.29 is 23.1 Å². The maximum absolute atomic E-state index is 13.0. The Labute approximate surface area is 216 Å². The number of anilines is 2. The first-order chi connectivity index (χ1) is 16.0. The molecule has 0 saturated carbocycles. The minimum Gasteiger partial charge on any atom is -0.506 e. The molecule has 0 aromatic heterocycles. The molecule has 3 N–H and O–H groups in total. The van der Waals surface area contributed by atoms with Crippen LogP contribution in [-0.4, -0.2) is 30.6 Å². The third-order valence-electron chi connectivity index (χ3n) is 5.10. The van der Waals surface area contributed by atoms with Gasteiger partial charge in [-0.3, -0.25) is 9.59 Å². The minimum absolute atomic E-state index is 0.0202. The summed E-state index contributed by atoms with van der Waals surface area (Å²) in [6.07, 6.45) is 0.0372. The fourth-order valence-electron chi connectivity index (χ4n) is 3.24. The van der Waals surface area contributed by atoms with E-state index in [0.717, 1.165) is 15.2 Å². The lowest BCUT2D eigenvalue weighted by Gasteiger charge is -2.18. The number of rotatable bonds is 7. The smallest absolute Gasteiger partial charge is 0.256 e. The number of hydrogen-bond donors (Lipinski definition) is 3. The highest BCUT2D eigenvalue weighted by Gasteiger charge is 2.33. The number of phenols is 1. The number of hydrogen-bond acceptors (Lipinski definition) is 5.